The van der Waals surface area contributed by atoms with E-state index in [-0.39, 0.29) is 0 Å². The summed E-state index contributed by atoms with van der Waals surface area (Å²) in [7, 11) is 2.06. The van der Waals surface area contributed by atoms with E-state index >= 15 is 0 Å². The van der Waals surface area contributed by atoms with Crippen LogP contribution in [-0.2, 0) is 4.74 Å². The molecule has 0 heterocycles. The van der Waals surface area contributed by atoms with Crippen LogP contribution in [0.4, 0.5) is 0 Å². The number of nitrogens with one attached hydrogen (secondary N) is 1. The summed E-state index contributed by atoms with van der Waals surface area (Å²) >= 11 is 0. The summed E-state index contributed by atoms with van der Waals surface area (Å²) in [5.41, 5.74) is 0.865. The van der Waals surface area contributed by atoms with Crippen molar-refractivity contribution >= 4 is 0 Å². The van der Waals surface area contributed by atoms with Gasteiger partial charge in [-0.1, -0.05) is 20.8 Å². The summed E-state index contributed by atoms with van der Waals surface area (Å²) in [5.74, 6) is 0.883. The van der Waals surface area contributed by atoms with Crippen molar-refractivity contribution in [2.45, 2.75) is 53.4 Å². The van der Waals surface area contributed by atoms with Crippen molar-refractivity contribution in [2.24, 2.45) is 16.7 Å². The molecule has 1 aliphatic carbocycles. The molecule has 2 heteroatoms. The van der Waals surface area contributed by atoms with Crippen LogP contribution in [0.3, 0.4) is 0 Å². The minimum absolute atomic E-state index is 0.395. The van der Waals surface area contributed by atoms with E-state index in [1.165, 1.54) is 25.7 Å². The van der Waals surface area contributed by atoms with Crippen LogP contribution in [0.15, 0.2) is 0 Å². The van der Waals surface area contributed by atoms with Gasteiger partial charge in [-0.2, -0.15) is 0 Å². The normalized spacial score (nSPS) is 30.5. The largest absolute Gasteiger partial charge is 0.381 e. The van der Waals surface area contributed by atoms with Crippen LogP contribution in [-0.4, -0.2) is 26.8 Å². The molecular formula is C15H31NO. The highest BCUT2D eigenvalue weighted by atomic mass is 16.5. The van der Waals surface area contributed by atoms with E-state index in [1.807, 2.05) is 0 Å². The second-order valence-electron chi connectivity index (χ2n) is 6.81. The molecule has 1 rings (SSSR count). The number of hydrogen-bond acceptors (Lipinski definition) is 2. The molecule has 1 aliphatic rings. The van der Waals surface area contributed by atoms with Crippen LogP contribution in [0.5, 0.6) is 0 Å². The van der Waals surface area contributed by atoms with Crippen LogP contribution < -0.4 is 5.32 Å². The molecular weight excluding hydrogens is 210 g/mol. The van der Waals surface area contributed by atoms with Crippen molar-refractivity contribution in [2.75, 3.05) is 26.8 Å². The van der Waals surface area contributed by atoms with E-state index < -0.39 is 0 Å². The third kappa shape index (κ3) is 4.26. The first kappa shape index (κ1) is 15.0. The average Bonchev–Trinajstić information content (AvgIpc) is 2.26. The highest BCUT2D eigenvalue weighted by molar-refractivity contribution is 4.90. The zero-order valence-corrected chi connectivity index (χ0v) is 12.4. The third-order valence-electron chi connectivity index (χ3n) is 4.44. The van der Waals surface area contributed by atoms with E-state index in [1.54, 1.807) is 0 Å². The lowest BCUT2D eigenvalue weighted by Crippen LogP contribution is -2.42. The van der Waals surface area contributed by atoms with Crippen molar-refractivity contribution in [1.29, 1.82) is 0 Å². The molecule has 102 valence electrons. The highest BCUT2D eigenvalue weighted by Crippen LogP contribution is 2.45. The van der Waals surface area contributed by atoms with Gasteiger partial charge in [0.05, 0.1) is 6.61 Å². The third-order valence-corrected chi connectivity index (χ3v) is 4.44. The Balaban J connectivity index is 2.54. The Labute approximate surface area is 108 Å². The summed E-state index contributed by atoms with van der Waals surface area (Å²) < 4.78 is 5.71. The second-order valence-corrected chi connectivity index (χ2v) is 6.81. The molecule has 2 nitrogen and oxygen atoms in total. The molecule has 17 heavy (non-hydrogen) atoms. The topological polar surface area (TPSA) is 21.3 Å². The molecule has 1 fully saturated rings. The monoisotopic (exact) mass is 241 g/mol. The summed E-state index contributed by atoms with van der Waals surface area (Å²) in [6, 6.07) is 0. The zero-order chi connectivity index (χ0) is 12.9. The van der Waals surface area contributed by atoms with Gasteiger partial charge in [0.15, 0.2) is 0 Å². The maximum absolute atomic E-state index is 5.71. The van der Waals surface area contributed by atoms with E-state index in [0.29, 0.717) is 10.8 Å². The average molecular weight is 241 g/mol. The Morgan fingerprint density at radius 1 is 1.24 bits per heavy atom. The van der Waals surface area contributed by atoms with Gasteiger partial charge in [-0.05, 0) is 51.0 Å². The molecule has 0 aromatic rings. The first-order valence-corrected chi connectivity index (χ1v) is 7.16. The predicted octanol–water partition coefficient (Wildman–Crippen LogP) is 3.47. The van der Waals surface area contributed by atoms with Gasteiger partial charge in [0.1, 0.15) is 0 Å². The minimum Gasteiger partial charge on any atom is -0.381 e. The Bertz CT molecular complexity index is 211. The van der Waals surface area contributed by atoms with Crippen molar-refractivity contribution in [3.05, 3.63) is 0 Å². The number of rotatable bonds is 5. The van der Waals surface area contributed by atoms with Crippen LogP contribution in [0.2, 0.25) is 0 Å². The smallest absolute Gasteiger partial charge is 0.0534 e. The number of ether oxygens (including phenoxy) is 1. The van der Waals surface area contributed by atoms with Crippen LogP contribution in [0, 0.1) is 16.7 Å². The lowest BCUT2D eigenvalue weighted by Gasteiger charge is -2.44. The molecule has 1 saturated carbocycles. The van der Waals surface area contributed by atoms with E-state index in [2.05, 4.69) is 40.1 Å². The summed E-state index contributed by atoms with van der Waals surface area (Å²) in [4.78, 5) is 0. The molecule has 0 aromatic heterocycles. The predicted molar refractivity (Wildman–Crippen MR) is 74.3 cm³/mol. The molecule has 0 saturated heterocycles. The molecule has 0 atom stereocenters. The first-order valence-electron chi connectivity index (χ1n) is 7.16. The van der Waals surface area contributed by atoms with Crippen LogP contribution >= 0.6 is 0 Å². The lowest BCUT2D eigenvalue weighted by atomic mass is 9.64. The minimum atomic E-state index is 0.395. The summed E-state index contributed by atoms with van der Waals surface area (Å²) in [6.45, 7) is 12.1. The fourth-order valence-corrected chi connectivity index (χ4v) is 3.16. The van der Waals surface area contributed by atoms with E-state index in [0.717, 1.165) is 25.7 Å². The van der Waals surface area contributed by atoms with Gasteiger partial charge in [-0.15, -0.1) is 0 Å². The quantitative estimate of drug-likeness (QED) is 0.796. The van der Waals surface area contributed by atoms with Gasteiger partial charge in [0.2, 0.25) is 0 Å². The van der Waals surface area contributed by atoms with Crippen molar-refractivity contribution in [3.63, 3.8) is 0 Å². The highest BCUT2D eigenvalue weighted by Gasteiger charge is 2.38. The lowest BCUT2D eigenvalue weighted by molar-refractivity contribution is 0.00211. The Kier molecular flexibility index (Phi) is 5.46. The fourth-order valence-electron chi connectivity index (χ4n) is 3.16. The molecule has 0 unspecified atom stereocenters. The van der Waals surface area contributed by atoms with Crippen molar-refractivity contribution in [3.8, 4) is 0 Å². The van der Waals surface area contributed by atoms with Gasteiger partial charge < -0.3 is 10.1 Å². The Hall–Kier alpha value is -0.0800. The standard InChI is InChI=1S/C15H31NO/c1-6-17-12-15(11-16-5)9-7-13(8-10-15)14(2,3)4/h13,16H,6-12H2,1-5H3. The molecule has 0 amide bonds. The van der Waals surface area contributed by atoms with E-state index in [9.17, 15) is 0 Å². The fraction of sp³-hybridized carbons (Fsp3) is 1.00. The van der Waals surface area contributed by atoms with Crippen LogP contribution in [0.25, 0.3) is 0 Å². The zero-order valence-electron chi connectivity index (χ0n) is 12.4. The Morgan fingerprint density at radius 3 is 2.24 bits per heavy atom. The summed E-state index contributed by atoms with van der Waals surface area (Å²) in [6.07, 6.45) is 5.35. The van der Waals surface area contributed by atoms with Gasteiger partial charge in [0, 0.05) is 18.6 Å². The molecule has 0 aliphatic heterocycles. The SMILES string of the molecule is CCOCC1(CNC)CCC(C(C)(C)C)CC1. The first-order chi connectivity index (χ1) is 7.93. The van der Waals surface area contributed by atoms with Crippen LogP contribution in [0.1, 0.15) is 53.4 Å². The molecule has 0 spiro atoms. The van der Waals surface area contributed by atoms with E-state index in [4.69, 9.17) is 4.74 Å². The van der Waals surface area contributed by atoms with Gasteiger partial charge in [0.25, 0.3) is 0 Å². The van der Waals surface area contributed by atoms with Gasteiger partial charge >= 0.3 is 0 Å². The maximum Gasteiger partial charge on any atom is 0.0534 e. The van der Waals surface area contributed by atoms with Gasteiger partial charge in [-0.3, -0.25) is 0 Å². The second kappa shape index (κ2) is 6.19. The molecule has 0 radical (unpaired) electrons. The maximum atomic E-state index is 5.71. The Morgan fingerprint density at radius 2 is 1.82 bits per heavy atom. The van der Waals surface area contributed by atoms with Crippen molar-refractivity contribution < 1.29 is 4.74 Å². The molecule has 0 aromatic carbocycles. The van der Waals surface area contributed by atoms with Crippen molar-refractivity contribution in [1.82, 2.24) is 5.32 Å². The molecule has 1 N–H and O–H groups in total. The summed E-state index contributed by atoms with van der Waals surface area (Å²) in [5, 5.41) is 3.36. The molecule has 0 bridgehead atoms. The number of hydrogen-bond donors (Lipinski definition) is 1. The van der Waals surface area contributed by atoms with Gasteiger partial charge in [-0.25, -0.2) is 0 Å².